The molecule has 1 rings (SSSR count). The predicted molar refractivity (Wildman–Crippen MR) is 69.8 cm³/mol. The highest BCUT2D eigenvalue weighted by molar-refractivity contribution is 9.10. The van der Waals surface area contributed by atoms with E-state index >= 15 is 0 Å². The molecule has 0 aliphatic heterocycles. The van der Waals surface area contributed by atoms with E-state index in [9.17, 15) is 15.3 Å². The van der Waals surface area contributed by atoms with Crippen LogP contribution in [0.15, 0.2) is 22.7 Å². The van der Waals surface area contributed by atoms with Gasteiger partial charge >= 0.3 is 0 Å². The van der Waals surface area contributed by atoms with Crippen molar-refractivity contribution in [2.75, 3.05) is 13.2 Å². The molecule has 0 saturated heterocycles. The van der Waals surface area contributed by atoms with Crippen molar-refractivity contribution in [3.8, 4) is 5.75 Å². The van der Waals surface area contributed by atoms with Gasteiger partial charge in [-0.3, -0.25) is 0 Å². The maximum absolute atomic E-state index is 9.66. The molecule has 0 fully saturated rings. The van der Waals surface area contributed by atoms with Crippen molar-refractivity contribution in [1.82, 2.24) is 5.32 Å². The Balaban J connectivity index is 2.75. The Morgan fingerprint density at radius 3 is 2.47 bits per heavy atom. The lowest BCUT2D eigenvalue weighted by molar-refractivity contribution is 0.0862. The first-order valence-electron chi connectivity index (χ1n) is 5.51. The van der Waals surface area contributed by atoms with Gasteiger partial charge in [-0.1, -0.05) is 22.9 Å². The van der Waals surface area contributed by atoms with Crippen molar-refractivity contribution < 1.29 is 15.3 Å². The Morgan fingerprint density at radius 2 is 1.94 bits per heavy atom. The van der Waals surface area contributed by atoms with Crippen molar-refractivity contribution >= 4 is 15.9 Å². The van der Waals surface area contributed by atoms with Gasteiger partial charge in [-0.15, -0.1) is 0 Å². The number of phenolic OH excluding ortho intramolecular Hbond substituents is 1. The van der Waals surface area contributed by atoms with Crippen LogP contribution in [0.25, 0.3) is 0 Å². The second-order valence-corrected chi connectivity index (χ2v) is 4.99. The van der Waals surface area contributed by atoms with E-state index in [0.717, 1.165) is 10.0 Å². The summed E-state index contributed by atoms with van der Waals surface area (Å²) in [6.07, 6.45) is 0.606. The minimum absolute atomic E-state index is 0.144. The summed E-state index contributed by atoms with van der Waals surface area (Å²) in [4.78, 5) is 0. The summed E-state index contributed by atoms with van der Waals surface area (Å²) in [5.74, 6) is 0.196. The normalized spacial score (nSPS) is 11.8. The van der Waals surface area contributed by atoms with Gasteiger partial charge in [-0.2, -0.15) is 0 Å². The highest BCUT2D eigenvalue weighted by atomic mass is 79.9. The van der Waals surface area contributed by atoms with Gasteiger partial charge in [-0.05, 0) is 24.6 Å². The lowest BCUT2D eigenvalue weighted by Gasteiger charge is -2.30. The molecule has 0 bridgehead atoms. The van der Waals surface area contributed by atoms with E-state index in [-0.39, 0.29) is 19.0 Å². The second kappa shape index (κ2) is 6.35. The standard InChI is InChI=1S/C12H18BrNO3/c1-2-12(7-15,8-16)14-6-9-5-10(13)3-4-11(9)17/h3-5,14-17H,2,6-8H2,1H3. The number of benzene rings is 1. The third kappa shape index (κ3) is 3.67. The van der Waals surface area contributed by atoms with Crippen LogP contribution in [0.4, 0.5) is 0 Å². The largest absolute Gasteiger partial charge is 0.508 e. The molecule has 0 amide bonds. The van der Waals surface area contributed by atoms with Crippen molar-refractivity contribution in [1.29, 1.82) is 0 Å². The highest BCUT2D eigenvalue weighted by Crippen LogP contribution is 2.22. The maximum Gasteiger partial charge on any atom is 0.120 e. The first-order valence-corrected chi connectivity index (χ1v) is 6.30. The molecule has 0 saturated carbocycles. The molecule has 0 spiro atoms. The third-order valence-corrected chi connectivity index (χ3v) is 3.47. The average molecular weight is 304 g/mol. The third-order valence-electron chi connectivity index (χ3n) is 2.98. The van der Waals surface area contributed by atoms with Crippen molar-refractivity contribution in [3.05, 3.63) is 28.2 Å². The van der Waals surface area contributed by atoms with Crippen LogP contribution in [0.3, 0.4) is 0 Å². The number of hydrogen-bond acceptors (Lipinski definition) is 4. The maximum atomic E-state index is 9.66. The van der Waals surface area contributed by atoms with Crippen LogP contribution in [0.5, 0.6) is 5.75 Å². The Kier molecular flexibility index (Phi) is 5.39. The molecule has 0 heterocycles. The van der Waals surface area contributed by atoms with Crippen LogP contribution in [-0.2, 0) is 6.54 Å². The van der Waals surface area contributed by atoms with Crippen LogP contribution < -0.4 is 5.32 Å². The Morgan fingerprint density at radius 1 is 1.29 bits per heavy atom. The lowest BCUT2D eigenvalue weighted by atomic mass is 9.98. The van der Waals surface area contributed by atoms with Crippen LogP contribution in [0.2, 0.25) is 0 Å². The fraction of sp³-hybridized carbons (Fsp3) is 0.500. The van der Waals surface area contributed by atoms with Gasteiger partial charge in [0.15, 0.2) is 0 Å². The van der Waals surface area contributed by atoms with Crippen LogP contribution in [0, 0.1) is 0 Å². The van der Waals surface area contributed by atoms with Crippen LogP contribution in [0.1, 0.15) is 18.9 Å². The molecular formula is C12H18BrNO3. The van der Waals surface area contributed by atoms with Gasteiger partial charge in [0.05, 0.1) is 18.8 Å². The molecule has 96 valence electrons. The smallest absolute Gasteiger partial charge is 0.120 e. The number of aromatic hydroxyl groups is 1. The summed E-state index contributed by atoms with van der Waals surface area (Å²) >= 11 is 3.33. The summed E-state index contributed by atoms with van der Waals surface area (Å²) in [5, 5.41) is 31.3. The number of phenols is 1. The van der Waals surface area contributed by atoms with Crippen LogP contribution >= 0.6 is 15.9 Å². The number of rotatable bonds is 6. The summed E-state index contributed by atoms with van der Waals surface area (Å²) in [7, 11) is 0. The summed E-state index contributed by atoms with van der Waals surface area (Å²) in [5.41, 5.74) is 0.0217. The van der Waals surface area contributed by atoms with E-state index in [2.05, 4.69) is 21.2 Å². The molecular weight excluding hydrogens is 286 g/mol. The fourth-order valence-corrected chi connectivity index (χ4v) is 1.90. The van der Waals surface area contributed by atoms with Crippen molar-refractivity contribution in [2.45, 2.75) is 25.4 Å². The molecule has 17 heavy (non-hydrogen) atoms. The van der Waals surface area contributed by atoms with E-state index in [1.54, 1.807) is 18.2 Å². The van der Waals surface area contributed by atoms with Gasteiger partial charge in [-0.25, -0.2) is 0 Å². The fourth-order valence-electron chi connectivity index (χ4n) is 1.49. The zero-order chi connectivity index (χ0) is 12.9. The summed E-state index contributed by atoms with van der Waals surface area (Å²) in [6, 6.07) is 5.16. The van der Waals surface area contributed by atoms with E-state index < -0.39 is 5.54 Å². The number of aliphatic hydroxyl groups excluding tert-OH is 2. The molecule has 0 aliphatic carbocycles. The molecule has 4 nitrogen and oxygen atoms in total. The molecule has 0 atom stereocenters. The van der Waals surface area contributed by atoms with Gasteiger partial charge in [0, 0.05) is 16.6 Å². The van der Waals surface area contributed by atoms with Crippen molar-refractivity contribution in [3.63, 3.8) is 0 Å². The molecule has 0 radical (unpaired) electrons. The number of nitrogens with one attached hydrogen (secondary N) is 1. The topological polar surface area (TPSA) is 72.7 Å². The minimum atomic E-state index is -0.700. The quantitative estimate of drug-likeness (QED) is 0.641. The van der Waals surface area contributed by atoms with Crippen LogP contribution in [-0.4, -0.2) is 34.1 Å². The molecule has 5 heteroatoms. The molecule has 1 aromatic rings. The number of hydrogen-bond donors (Lipinski definition) is 4. The summed E-state index contributed by atoms with van der Waals surface area (Å²) in [6.45, 7) is 1.99. The van der Waals surface area contributed by atoms with E-state index in [1.165, 1.54) is 0 Å². The first-order chi connectivity index (χ1) is 8.06. The minimum Gasteiger partial charge on any atom is -0.508 e. The van der Waals surface area contributed by atoms with Gasteiger partial charge < -0.3 is 20.6 Å². The highest BCUT2D eigenvalue weighted by Gasteiger charge is 2.25. The Hall–Kier alpha value is -0.620. The Labute approximate surface area is 109 Å². The van der Waals surface area contributed by atoms with E-state index in [4.69, 9.17) is 0 Å². The number of halogens is 1. The Bertz CT molecular complexity index is 359. The average Bonchev–Trinajstić information content (AvgIpc) is 2.35. The molecule has 4 N–H and O–H groups in total. The molecule has 0 aromatic heterocycles. The lowest BCUT2D eigenvalue weighted by Crippen LogP contribution is -2.50. The molecule has 0 unspecified atom stereocenters. The van der Waals surface area contributed by atoms with Gasteiger partial charge in [0.1, 0.15) is 5.75 Å². The SMILES string of the molecule is CCC(CO)(CO)NCc1cc(Br)ccc1O. The zero-order valence-corrected chi connectivity index (χ0v) is 11.4. The monoisotopic (exact) mass is 303 g/mol. The molecule has 0 aliphatic rings. The van der Waals surface area contributed by atoms with Gasteiger partial charge in [0.2, 0.25) is 0 Å². The summed E-state index contributed by atoms with van der Waals surface area (Å²) < 4.78 is 0.877. The van der Waals surface area contributed by atoms with Crippen molar-refractivity contribution in [2.24, 2.45) is 0 Å². The van der Waals surface area contributed by atoms with Gasteiger partial charge in [0.25, 0.3) is 0 Å². The zero-order valence-electron chi connectivity index (χ0n) is 9.78. The predicted octanol–water partition coefficient (Wildman–Crippen LogP) is 1.38. The second-order valence-electron chi connectivity index (χ2n) is 4.08. The first kappa shape index (κ1) is 14.4. The van der Waals surface area contributed by atoms with E-state index in [1.807, 2.05) is 6.92 Å². The number of aliphatic hydroxyl groups is 2. The molecule has 1 aromatic carbocycles. The van der Waals surface area contributed by atoms with E-state index in [0.29, 0.717) is 13.0 Å².